The van der Waals surface area contributed by atoms with Gasteiger partial charge < -0.3 is 15.1 Å². The lowest BCUT2D eigenvalue weighted by Gasteiger charge is -2.35. The molecule has 2 atom stereocenters. The van der Waals surface area contributed by atoms with E-state index < -0.39 is 22.1 Å². The molecule has 0 radical (unpaired) electrons. The Balaban J connectivity index is 2.19. The van der Waals surface area contributed by atoms with Gasteiger partial charge in [0.05, 0.1) is 4.90 Å². The van der Waals surface area contributed by atoms with Gasteiger partial charge in [0.2, 0.25) is 0 Å². The number of rotatable bonds is 13. The van der Waals surface area contributed by atoms with Crippen LogP contribution in [-0.2, 0) is 25.1 Å². The largest absolute Gasteiger partial charge is 0.481 e. The van der Waals surface area contributed by atoms with Crippen molar-refractivity contribution in [1.82, 2.24) is 0 Å². The summed E-state index contributed by atoms with van der Waals surface area (Å²) in [7, 11) is -4.32. The Morgan fingerprint density at radius 1 is 1.00 bits per heavy atom. The summed E-state index contributed by atoms with van der Waals surface area (Å²) >= 11 is 0. The van der Waals surface area contributed by atoms with E-state index in [1.807, 2.05) is 0 Å². The van der Waals surface area contributed by atoms with E-state index in [9.17, 15) is 22.6 Å². The van der Waals surface area contributed by atoms with Crippen LogP contribution in [0.2, 0.25) is 0 Å². The Labute approximate surface area is 184 Å². The molecule has 9 heteroatoms. The van der Waals surface area contributed by atoms with E-state index in [1.165, 1.54) is 6.07 Å². The zero-order chi connectivity index (χ0) is 23.2. The number of nitrogens with zero attached hydrogens (tertiary/aromatic N) is 1. The van der Waals surface area contributed by atoms with E-state index >= 15 is 0 Å². The predicted octanol–water partition coefficient (Wildman–Crippen LogP) is 4.08. The quantitative estimate of drug-likeness (QED) is 0.299. The van der Waals surface area contributed by atoms with Crippen molar-refractivity contribution in [2.75, 3.05) is 11.4 Å². The van der Waals surface area contributed by atoms with Gasteiger partial charge in [-0.25, -0.2) is 0 Å². The molecule has 31 heavy (non-hydrogen) atoms. The average molecular weight is 456 g/mol. The van der Waals surface area contributed by atoms with Crippen LogP contribution in [0.15, 0.2) is 23.1 Å². The van der Waals surface area contributed by atoms with Crippen molar-refractivity contribution in [2.45, 2.75) is 88.0 Å². The van der Waals surface area contributed by atoms with Gasteiger partial charge in [0.25, 0.3) is 10.1 Å². The molecule has 2 rings (SSSR count). The summed E-state index contributed by atoms with van der Waals surface area (Å²) < 4.78 is 32.9. The number of hydrogen-bond donors (Lipinski definition) is 3. The Kier molecular flexibility index (Phi) is 8.48. The van der Waals surface area contributed by atoms with Gasteiger partial charge in [-0.15, -0.1) is 0 Å². The zero-order valence-corrected chi connectivity index (χ0v) is 19.0. The summed E-state index contributed by atoms with van der Waals surface area (Å²) in [5, 5.41) is 17.6. The first-order valence-corrected chi connectivity index (χ1v) is 12.2. The van der Waals surface area contributed by atoms with E-state index in [0.29, 0.717) is 12.8 Å². The van der Waals surface area contributed by atoms with Gasteiger partial charge in [0, 0.05) is 36.5 Å². The van der Waals surface area contributed by atoms with Crippen LogP contribution in [0, 0.1) is 0 Å². The van der Waals surface area contributed by atoms with Crippen molar-refractivity contribution in [3.8, 4) is 0 Å². The van der Waals surface area contributed by atoms with Crippen LogP contribution in [0.3, 0.4) is 0 Å². The van der Waals surface area contributed by atoms with Crippen LogP contribution < -0.4 is 4.90 Å². The van der Waals surface area contributed by atoms with Crippen LogP contribution in [0.25, 0.3) is 0 Å². The molecule has 3 N–H and O–H groups in total. The van der Waals surface area contributed by atoms with Crippen molar-refractivity contribution < 1.29 is 32.8 Å². The molecule has 0 saturated heterocycles. The number of hydrogen-bond acceptors (Lipinski definition) is 5. The number of carboxylic acid groups (broad SMARTS) is 2. The second kappa shape index (κ2) is 10.5. The highest BCUT2D eigenvalue weighted by Crippen LogP contribution is 2.49. The molecule has 1 aromatic rings. The van der Waals surface area contributed by atoms with E-state index in [2.05, 4.69) is 18.7 Å². The molecule has 174 valence electrons. The molecule has 1 aliphatic rings. The second-order valence-corrected chi connectivity index (χ2v) is 10.0. The van der Waals surface area contributed by atoms with Gasteiger partial charge in [-0.1, -0.05) is 26.2 Å². The van der Waals surface area contributed by atoms with Gasteiger partial charge in [-0.2, -0.15) is 8.42 Å². The Bertz CT molecular complexity index is 899. The number of carbonyl (C=O) groups is 2. The van der Waals surface area contributed by atoms with E-state index in [0.717, 1.165) is 49.9 Å². The summed E-state index contributed by atoms with van der Waals surface area (Å²) in [4.78, 5) is 23.6. The maximum Gasteiger partial charge on any atom is 0.303 e. The number of carboxylic acids is 2. The molecular formula is C22H33NO7S. The molecular weight excluding hydrogens is 422 g/mol. The lowest BCUT2D eigenvalue weighted by atomic mass is 9.75. The lowest BCUT2D eigenvalue weighted by Crippen LogP contribution is -2.41. The molecule has 2 unspecified atom stereocenters. The van der Waals surface area contributed by atoms with E-state index in [4.69, 9.17) is 10.2 Å². The van der Waals surface area contributed by atoms with Crippen LogP contribution in [0.5, 0.6) is 0 Å². The van der Waals surface area contributed by atoms with Gasteiger partial charge >= 0.3 is 11.9 Å². The van der Waals surface area contributed by atoms with Crippen molar-refractivity contribution in [2.24, 2.45) is 0 Å². The third kappa shape index (κ3) is 6.43. The van der Waals surface area contributed by atoms with Crippen LogP contribution in [-0.4, -0.2) is 47.7 Å². The minimum absolute atomic E-state index is 0.0816. The lowest BCUT2D eigenvalue weighted by molar-refractivity contribution is -0.138. The summed E-state index contributed by atoms with van der Waals surface area (Å²) in [6.45, 7) is 4.92. The molecule has 1 aliphatic heterocycles. The molecule has 0 bridgehead atoms. The number of anilines is 1. The SMILES string of the molecule is CC1N(CCCCCC(=O)O)c2ccc(S(=O)(=O)O)cc2C1(C)CCCCCC(=O)O. The van der Waals surface area contributed by atoms with E-state index in [1.54, 1.807) is 12.1 Å². The minimum Gasteiger partial charge on any atom is -0.481 e. The Morgan fingerprint density at radius 3 is 2.13 bits per heavy atom. The van der Waals surface area contributed by atoms with E-state index in [-0.39, 0.29) is 29.2 Å². The van der Waals surface area contributed by atoms with Crippen LogP contribution in [0.4, 0.5) is 5.69 Å². The molecule has 1 aromatic carbocycles. The highest BCUT2D eigenvalue weighted by atomic mass is 32.2. The van der Waals surface area contributed by atoms with Crippen molar-refractivity contribution in [3.05, 3.63) is 23.8 Å². The fourth-order valence-corrected chi connectivity index (χ4v) is 5.01. The maximum absolute atomic E-state index is 11.7. The molecule has 8 nitrogen and oxygen atoms in total. The molecule has 0 saturated carbocycles. The summed E-state index contributed by atoms with van der Waals surface area (Å²) in [5.41, 5.74) is 1.46. The van der Waals surface area contributed by atoms with Gasteiger partial charge in [-0.3, -0.25) is 14.1 Å². The number of unbranched alkanes of at least 4 members (excludes halogenated alkanes) is 4. The van der Waals surface area contributed by atoms with Crippen molar-refractivity contribution >= 4 is 27.7 Å². The predicted molar refractivity (Wildman–Crippen MR) is 117 cm³/mol. The first-order chi connectivity index (χ1) is 14.5. The third-order valence-corrected chi connectivity index (χ3v) is 7.31. The maximum atomic E-state index is 11.7. The zero-order valence-electron chi connectivity index (χ0n) is 18.2. The molecule has 0 aromatic heterocycles. The average Bonchev–Trinajstić information content (AvgIpc) is 2.88. The topological polar surface area (TPSA) is 132 Å². The Morgan fingerprint density at radius 2 is 1.58 bits per heavy atom. The Hall–Kier alpha value is -2.13. The number of aliphatic carboxylic acids is 2. The molecule has 0 spiro atoms. The highest BCUT2D eigenvalue weighted by molar-refractivity contribution is 7.85. The fourth-order valence-electron chi connectivity index (χ4n) is 4.50. The third-order valence-electron chi connectivity index (χ3n) is 6.46. The molecule has 0 aliphatic carbocycles. The first kappa shape index (κ1) is 25.1. The van der Waals surface area contributed by atoms with Gasteiger partial charge in [0.1, 0.15) is 0 Å². The highest BCUT2D eigenvalue weighted by Gasteiger charge is 2.45. The minimum atomic E-state index is -4.32. The van der Waals surface area contributed by atoms with Crippen molar-refractivity contribution in [1.29, 1.82) is 0 Å². The summed E-state index contributed by atoms with van der Waals surface area (Å²) in [6, 6.07) is 4.79. The number of benzene rings is 1. The van der Waals surface area contributed by atoms with Gasteiger partial charge in [-0.05, 0) is 56.4 Å². The van der Waals surface area contributed by atoms with Crippen LogP contribution >= 0.6 is 0 Å². The van der Waals surface area contributed by atoms with Gasteiger partial charge in [0.15, 0.2) is 0 Å². The monoisotopic (exact) mass is 455 g/mol. The first-order valence-electron chi connectivity index (χ1n) is 10.8. The van der Waals surface area contributed by atoms with Crippen LogP contribution in [0.1, 0.15) is 77.2 Å². The fraction of sp³-hybridized carbons (Fsp3) is 0.636. The normalized spacial score (nSPS) is 20.6. The standard InChI is InChI=1S/C22H33NO7S/c1-16-22(2,13-7-3-5-9-20(24)25)18-15-17(31(28,29)30)11-12-19(18)23(16)14-8-4-6-10-21(26)27/h11-12,15-16H,3-10,13-14H2,1-2H3,(H,24,25)(H,26,27)(H,28,29,30). The summed E-state index contributed by atoms with van der Waals surface area (Å²) in [6.07, 6.45) is 5.48. The molecule has 1 heterocycles. The molecule has 0 amide bonds. The second-order valence-electron chi connectivity index (χ2n) is 8.60. The van der Waals surface area contributed by atoms with Crippen molar-refractivity contribution in [3.63, 3.8) is 0 Å². The smallest absolute Gasteiger partial charge is 0.303 e. The summed E-state index contributed by atoms with van der Waals surface area (Å²) in [5.74, 6) is -1.61. The number of fused-ring (bicyclic) bond motifs is 1. The molecule has 0 fully saturated rings.